The van der Waals surface area contributed by atoms with Crippen LogP contribution in [-0.4, -0.2) is 17.6 Å². The van der Waals surface area contributed by atoms with Crippen molar-refractivity contribution in [1.82, 2.24) is 4.98 Å². The molecule has 0 saturated carbocycles. The van der Waals surface area contributed by atoms with Gasteiger partial charge in [0.15, 0.2) is 0 Å². The second-order valence-electron chi connectivity index (χ2n) is 4.53. The molecule has 1 N–H and O–H groups in total. The standard InChI is InChI=1S/C15H19NO2/c1-3-4-9-18-15(17)11(2)13-10-16-14-8-6-5-7-12(13)14/h5-8,10-11,16H,3-4,9H2,1-2H3. The van der Waals surface area contributed by atoms with Gasteiger partial charge in [-0.3, -0.25) is 4.79 Å². The molecule has 1 heterocycles. The average molecular weight is 245 g/mol. The lowest BCUT2D eigenvalue weighted by Gasteiger charge is -2.10. The third-order valence-corrected chi connectivity index (χ3v) is 3.18. The molecule has 0 aliphatic rings. The van der Waals surface area contributed by atoms with Crippen LogP contribution < -0.4 is 0 Å². The maximum Gasteiger partial charge on any atom is 0.313 e. The van der Waals surface area contributed by atoms with Crippen LogP contribution >= 0.6 is 0 Å². The molecule has 0 amide bonds. The predicted octanol–water partition coefficient (Wildman–Crippen LogP) is 3.61. The Hall–Kier alpha value is -1.77. The molecule has 0 aliphatic carbocycles. The lowest BCUT2D eigenvalue weighted by atomic mass is 10.0. The molecular formula is C15H19NO2. The number of carbonyl (C=O) groups excluding carboxylic acids is 1. The molecule has 0 radical (unpaired) electrons. The molecule has 1 unspecified atom stereocenters. The van der Waals surface area contributed by atoms with Gasteiger partial charge < -0.3 is 9.72 Å². The quantitative estimate of drug-likeness (QED) is 0.645. The van der Waals surface area contributed by atoms with Crippen molar-refractivity contribution in [2.24, 2.45) is 0 Å². The maximum atomic E-state index is 11.9. The second-order valence-corrected chi connectivity index (χ2v) is 4.53. The van der Waals surface area contributed by atoms with Gasteiger partial charge in [0, 0.05) is 17.1 Å². The summed E-state index contributed by atoms with van der Waals surface area (Å²) in [5.41, 5.74) is 2.06. The zero-order valence-electron chi connectivity index (χ0n) is 10.9. The van der Waals surface area contributed by atoms with Crippen molar-refractivity contribution >= 4 is 16.9 Å². The van der Waals surface area contributed by atoms with Gasteiger partial charge >= 0.3 is 5.97 Å². The third-order valence-electron chi connectivity index (χ3n) is 3.18. The summed E-state index contributed by atoms with van der Waals surface area (Å²) in [5, 5.41) is 1.09. The summed E-state index contributed by atoms with van der Waals surface area (Å²) in [5.74, 6) is -0.369. The van der Waals surface area contributed by atoms with E-state index in [2.05, 4.69) is 11.9 Å². The van der Waals surface area contributed by atoms with Crippen LogP contribution in [-0.2, 0) is 9.53 Å². The number of unbranched alkanes of at least 4 members (excludes halogenated alkanes) is 1. The number of hydrogen-bond donors (Lipinski definition) is 1. The number of H-pyrrole nitrogens is 1. The van der Waals surface area contributed by atoms with Gasteiger partial charge in [-0.15, -0.1) is 0 Å². The summed E-state index contributed by atoms with van der Waals surface area (Å²) in [6.07, 6.45) is 3.86. The van der Waals surface area contributed by atoms with Crippen molar-refractivity contribution in [3.05, 3.63) is 36.0 Å². The summed E-state index contributed by atoms with van der Waals surface area (Å²) in [7, 11) is 0. The number of rotatable bonds is 5. The molecule has 3 heteroatoms. The highest BCUT2D eigenvalue weighted by atomic mass is 16.5. The first-order valence-corrected chi connectivity index (χ1v) is 6.46. The van der Waals surface area contributed by atoms with Crippen LogP contribution in [0.15, 0.2) is 30.5 Å². The second kappa shape index (κ2) is 5.71. The third kappa shape index (κ3) is 2.55. The van der Waals surface area contributed by atoms with Crippen LogP contribution in [0.5, 0.6) is 0 Å². The van der Waals surface area contributed by atoms with Crippen LogP contribution in [0.4, 0.5) is 0 Å². The highest BCUT2D eigenvalue weighted by Gasteiger charge is 2.19. The number of carbonyl (C=O) groups is 1. The van der Waals surface area contributed by atoms with Crippen molar-refractivity contribution in [3.63, 3.8) is 0 Å². The summed E-state index contributed by atoms with van der Waals surface area (Å²) in [4.78, 5) is 15.1. The number of nitrogens with one attached hydrogen (secondary N) is 1. The van der Waals surface area contributed by atoms with E-state index in [0.29, 0.717) is 6.61 Å². The fraction of sp³-hybridized carbons (Fsp3) is 0.400. The average Bonchev–Trinajstić information content (AvgIpc) is 2.82. The van der Waals surface area contributed by atoms with E-state index in [1.165, 1.54) is 0 Å². The minimum absolute atomic E-state index is 0.145. The van der Waals surface area contributed by atoms with E-state index in [-0.39, 0.29) is 11.9 Å². The normalized spacial score (nSPS) is 12.6. The Morgan fingerprint density at radius 3 is 2.94 bits per heavy atom. The van der Waals surface area contributed by atoms with Crippen molar-refractivity contribution in [1.29, 1.82) is 0 Å². The summed E-state index contributed by atoms with van der Waals surface area (Å²) >= 11 is 0. The van der Waals surface area contributed by atoms with Crippen molar-refractivity contribution in [2.75, 3.05) is 6.61 Å². The molecule has 0 fully saturated rings. The van der Waals surface area contributed by atoms with E-state index in [9.17, 15) is 4.79 Å². The van der Waals surface area contributed by atoms with Crippen molar-refractivity contribution in [2.45, 2.75) is 32.6 Å². The Balaban J connectivity index is 2.13. The summed E-state index contributed by atoms with van der Waals surface area (Å²) in [6.45, 7) is 4.49. The molecule has 96 valence electrons. The molecule has 1 aromatic carbocycles. The summed E-state index contributed by atoms with van der Waals surface area (Å²) in [6, 6.07) is 7.99. The number of aromatic amines is 1. The molecule has 2 rings (SSSR count). The van der Waals surface area contributed by atoms with Gasteiger partial charge in [-0.2, -0.15) is 0 Å². The molecule has 2 aromatic rings. The van der Waals surface area contributed by atoms with Gasteiger partial charge in [0.05, 0.1) is 12.5 Å². The Morgan fingerprint density at radius 1 is 1.39 bits per heavy atom. The van der Waals surface area contributed by atoms with E-state index in [4.69, 9.17) is 4.74 Å². The van der Waals surface area contributed by atoms with E-state index in [0.717, 1.165) is 29.3 Å². The molecule has 3 nitrogen and oxygen atoms in total. The van der Waals surface area contributed by atoms with Crippen molar-refractivity contribution < 1.29 is 9.53 Å². The Morgan fingerprint density at radius 2 is 2.17 bits per heavy atom. The Kier molecular flexibility index (Phi) is 4.03. The molecule has 0 aliphatic heterocycles. The first-order chi connectivity index (χ1) is 8.74. The van der Waals surface area contributed by atoms with Crippen molar-refractivity contribution in [3.8, 4) is 0 Å². The van der Waals surface area contributed by atoms with Gasteiger partial charge in [0.25, 0.3) is 0 Å². The minimum atomic E-state index is -0.224. The van der Waals surface area contributed by atoms with Crippen LogP contribution in [0.1, 0.15) is 38.2 Å². The SMILES string of the molecule is CCCCOC(=O)C(C)c1c[nH]c2ccccc12. The zero-order chi connectivity index (χ0) is 13.0. The lowest BCUT2D eigenvalue weighted by molar-refractivity contribution is -0.145. The molecule has 0 spiro atoms. The largest absolute Gasteiger partial charge is 0.465 e. The van der Waals surface area contributed by atoms with Gasteiger partial charge in [0.1, 0.15) is 0 Å². The zero-order valence-corrected chi connectivity index (χ0v) is 10.9. The fourth-order valence-corrected chi connectivity index (χ4v) is 2.02. The molecule has 0 bridgehead atoms. The highest BCUT2D eigenvalue weighted by molar-refractivity contribution is 5.89. The first-order valence-electron chi connectivity index (χ1n) is 6.46. The van der Waals surface area contributed by atoms with Crippen LogP contribution in [0.3, 0.4) is 0 Å². The van der Waals surface area contributed by atoms with E-state index in [1.54, 1.807) is 0 Å². The minimum Gasteiger partial charge on any atom is -0.465 e. The van der Waals surface area contributed by atoms with E-state index < -0.39 is 0 Å². The smallest absolute Gasteiger partial charge is 0.313 e. The predicted molar refractivity (Wildman–Crippen MR) is 72.6 cm³/mol. The lowest BCUT2D eigenvalue weighted by Crippen LogP contribution is -2.13. The first kappa shape index (κ1) is 12.7. The van der Waals surface area contributed by atoms with Gasteiger partial charge in [0.2, 0.25) is 0 Å². The van der Waals surface area contributed by atoms with Crippen LogP contribution in [0, 0.1) is 0 Å². The number of aromatic nitrogens is 1. The molecule has 18 heavy (non-hydrogen) atoms. The topological polar surface area (TPSA) is 42.1 Å². The number of esters is 1. The molecule has 0 saturated heterocycles. The number of para-hydroxylation sites is 1. The van der Waals surface area contributed by atoms with Gasteiger partial charge in [-0.05, 0) is 25.0 Å². The maximum absolute atomic E-state index is 11.9. The number of fused-ring (bicyclic) bond motifs is 1. The molecular weight excluding hydrogens is 226 g/mol. The Bertz CT molecular complexity index is 530. The summed E-state index contributed by atoms with van der Waals surface area (Å²) < 4.78 is 5.26. The van der Waals surface area contributed by atoms with E-state index >= 15 is 0 Å². The molecule has 1 atom stereocenters. The van der Waals surface area contributed by atoms with E-state index in [1.807, 2.05) is 37.4 Å². The number of hydrogen-bond acceptors (Lipinski definition) is 2. The van der Waals surface area contributed by atoms with Crippen LogP contribution in [0.2, 0.25) is 0 Å². The van der Waals surface area contributed by atoms with Crippen LogP contribution in [0.25, 0.3) is 10.9 Å². The highest BCUT2D eigenvalue weighted by Crippen LogP contribution is 2.26. The number of ether oxygens (including phenoxy) is 1. The molecule has 1 aromatic heterocycles. The monoisotopic (exact) mass is 245 g/mol. The number of benzene rings is 1. The Labute approximate surface area is 107 Å². The fourth-order valence-electron chi connectivity index (χ4n) is 2.02. The van der Waals surface area contributed by atoms with Gasteiger partial charge in [-0.1, -0.05) is 31.5 Å². The van der Waals surface area contributed by atoms with Gasteiger partial charge in [-0.25, -0.2) is 0 Å².